The number of benzene rings is 3. The Morgan fingerprint density at radius 2 is 1.43 bits per heavy atom. The Morgan fingerprint density at radius 3 is 2.29 bits per heavy atom. The predicted molar refractivity (Wildman–Crippen MR) is 91.5 cm³/mol. The van der Waals surface area contributed by atoms with Gasteiger partial charge in [-0.1, -0.05) is 66.7 Å². The van der Waals surface area contributed by atoms with Crippen molar-refractivity contribution in [2.75, 3.05) is 0 Å². The van der Waals surface area contributed by atoms with Crippen LogP contribution < -0.4 is 0 Å². The van der Waals surface area contributed by atoms with E-state index >= 15 is 0 Å². The van der Waals surface area contributed by atoms with Crippen LogP contribution in [-0.4, -0.2) is 0 Å². The molecule has 0 N–H and O–H groups in total. The second kappa shape index (κ2) is 5.19. The molecule has 0 aliphatic heterocycles. The first-order valence-corrected chi connectivity index (χ1v) is 7.78. The Balaban J connectivity index is 1.77. The third-order valence-electron chi connectivity index (χ3n) is 3.62. The van der Waals surface area contributed by atoms with Crippen molar-refractivity contribution < 1.29 is 0 Å². The van der Waals surface area contributed by atoms with Gasteiger partial charge in [0.1, 0.15) is 0 Å². The van der Waals surface area contributed by atoms with Crippen molar-refractivity contribution in [3.8, 4) is 20.9 Å². The standard InChI is InChI=1S/C20H13S/c1-2-7-16(8-3-1)19-12-13-20(21-19)18-11-10-15-6-4-5-9-17(15)14-18/h1-11,13-14H. The van der Waals surface area contributed by atoms with Crippen LogP contribution in [0, 0.1) is 6.07 Å². The lowest BCUT2D eigenvalue weighted by Gasteiger charge is -2.01. The molecule has 0 nitrogen and oxygen atoms in total. The lowest BCUT2D eigenvalue weighted by molar-refractivity contribution is 1.69. The summed E-state index contributed by atoms with van der Waals surface area (Å²) in [5.41, 5.74) is 2.49. The summed E-state index contributed by atoms with van der Waals surface area (Å²) in [6.07, 6.45) is 0. The first kappa shape index (κ1) is 12.4. The molecule has 0 spiro atoms. The molecule has 0 amide bonds. The highest BCUT2D eigenvalue weighted by Gasteiger charge is 2.05. The minimum absolute atomic E-state index is 1.19. The first-order chi connectivity index (χ1) is 10.4. The Bertz CT molecular complexity index is 888. The number of rotatable bonds is 2. The number of hydrogen-bond donors (Lipinski definition) is 0. The van der Waals surface area contributed by atoms with Gasteiger partial charge in [-0.15, -0.1) is 11.3 Å². The van der Waals surface area contributed by atoms with Crippen molar-refractivity contribution in [1.29, 1.82) is 0 Å². The lowest BCUT2D eigenvalue weighted by Crippen LogP contribution is -1.74. The van der Waals surface area contributed by atoms with Gasteiger partial charge in [0.05, 0.1) is 0 Å². The average molecular weight is 285 g/mol. The van der Waals surface area contributed by atoms with Gasteiger partial charge in [-0.05, 0) is 34.0 Å². The van der Waals surface area contributed by atoms with E-state index in [1.807, 2.05) is 6.07 Å². The molecule has 0 saturated carbocycles. The van der Waals surface area contributed by atoms with E-state index in [2.05, 4.69) is 78.9 Å². The fourth-order valence-electron chi connectivity index (χ4n) is 2.52. The quantitative estimate of drug-likeness (QED) is 0.421. The van der Waals surface area contributed by atoms with Gasteiger partial charge in [0.25, 0.3) is 0 Å². The second-order valence-corrected chi connectivity index (χ2v) is 6.06. The van der Waals surface area contributed by atoms with E-state index in [0.717, 1.165) is 0 Å². The van der Waals surface area contributed by atoms with Gasteiger partial charge in [-0.3, -0.25) is 0 Å². The molecule has 1 heterocycles. The van der Waals surface area contributed by atoms with Gasteiger partial charge in [0.2, 0.25) is 0 Å². The summed E-state index contributed by atoms with van der Waals surface area (Å²) in [5, 5.41) is 2.56. The number of thiophene rings is 1. The van der Waals surface area contributed by atoms with Gasteiger partial charge >= 0.3 is 0 Å². The van der Waals surface area contributed by atoms with Gasteiger partial charge in [0, 0.05) is 15.8 Å². The van der Waals surface area contributed by atoms with Gasteiger partial charge in [-0.25, -0.2) is 0 Å². The summed E-state index contributed by atoms with van der Waals surface area (Å²) >= 11 is 1.79. The van der Waals surface area contributed by atoms with E-state index in [9.17, 15) is 0 Å². The van der Waals surface area contributed by atoms with Gasteiger partial charge in [0.15, 0.2) is 0 Å². The van der Waals surface area contributed by atoms with Gasteiger partial charge in [-0.2, -0.15) is 0 Å². The van der Waals surface area contributed by atoms with Crippen LogP contribution >= 0.6 is 11.3 Å². The smallest absolute Gasteiger partial charge is 0.0428 e. The Kier molecular flexibility index (Phi) is 3.06. The molecule has 0 aliphatic carbocycles. The molecule has 0 fully saturated rings. The average Bonchev–Trinajstić information content (AvgIpc) is 3.05. The Morgan fingerprint density at radius 1 is 0.667 bits per heavy atom. The molecule has 1 heteroatoms. The molecule has 1 radical (unpaired) electrons. The zero-order chi connectivity index (χ0) is 14.1. The third kappa shape index (κ3) is 2.37. The van der Waals surface area contributed by atoms with Crippen molar-refractivity contribution in [3.63, 3.8) is 0 Å². The van der Waals surface area contributed by atoms with E-state index in [-0.39, 0.29) is 0 Å². The van der Waals surface area contributed by atoms with Crippen molar-refractivity contribution in [3.05, 3.63) is 84.9 Å². The largest absolute Gasteiger partial charge is 0.135 e. The van der Waals surface area contributed by atoms with Crippen LogP contribution in [0.4, 0.5) is 0 Å². The maximum atomic E-state index is 3.39. The molecule has 4 rings (SSSR count). The highest BCUT2D eigenvalue weighted by Crippen LogP contribution is 2.34. The van der Waals surface area contributed by atoms with E-state index in [0.29, 0.717) is 0 Å². The van der Waals surface area contributed by atoms with Crippen LogP contribution in [0.5, 0.6) is 0 Å². The zero-order valence-electron chi connectivity index (χ0n) is 11.4. The van der Waals surface area contributed by atoms with Crippen molar-refractivity contribution in [1.82, 2.24) is 0 Å². The lowest BCUT2D eigenvalue weighted by atomic mass is 10.1. The molecule has 99 valence electrons. The summed E-state index contributed by atoms with van der Waals surface area (Å²) in [6.45, 7) is 0. The molecule has 0 atom stereocenters. The molecular weight excluding hydrogens is 272 g/mol. The van der Waals surface area contributed by atoms with Crippen molar-refractivity contribution in [2.45, 2.75) is 0 Å². The molecular formula is C20H13S. The van der Waals surface area contributed by atoms with Gasteiger partial charge < -0.3 is 0 Å². The molecule has 21 heavy (non-hydrogen) atoms. The molecule has 0 saturated heterocycles. The predicted octanol–water partition coefficient (Wildman–Crippen LogP) is 6.04. The van der Waals surface area contributed by atoms with E-state index < -0.39 is 0 Å². The summed E-state index contributed by atoms with van der Waals surface area (Å²) in [5.74, 6) is 0. The number of hydrogen-bond acceptors (Lipinski definition) is 1. The fraction of sp³-hybridized carbons (Fsp3) is 0. The van der Waals surface area contributed by atoms with E-state index in [4.69, 9.17) is 0 Å². The first-order valence-electron chi connectivity index (χ1n) is 6.96. The molecule has 0 bridgehead atoms. The van der Waals surface area contributed by atoms with Crippen molar-refractivity contribution in [2.24, 2.45) is 0 Å². The molecule has 0 aliphatic rings. The third-order valence-corrected chi connectivity index (χ3v) is 4.75. The fourth-order valence-corrected chi connectivity index (χ4v) is 3.47. The van der Waals surface area contributed by atoms with E-state index in [1.165, 1.54) is 31.7 Å². The summed E-state index contributed by atoms with van der Waals surface area (Å²) < 4.78 is 0. The zero-order valence-corrected chi connectivity index (χ0v) is 12.2. The maximum Gasteiger partial charge on any atom is 0.0428 e. The number of fused-ring (bicyclic) bond motifs is 1. The van der Waals surface area contributed by atoms with Crippen molar-refractivity contribution >= 4 is 22.1 Å². The van der Waals surface area contributed by atoms with Crippen LogP contribution in [0.3, 0.4) is 0 Å². The Hall–Kier alpha value is -2.38. The second-order valence-electron chi connectivity index (χ2n) is 5.01. The van der Waals surface area contributed by atoms with Crippen LogP contribution in [0.2, 0.25) is 0 Å². The Labute approximate surface area is 128 Å². The van der Waals surface area contributed by atoms with Crippen LogP contribution in [-0.2, 0) is 0 Å². The van der Waals surface area contributed by atoms with Crippen LogP contribution in [0.25, 0.3) is 31.7 Å². The van der Waals surface area contributed by atoms with Crippen LogP contribution in [0.15, 0.2) is 78.9 Å². The maximum absolute atomic E-state index is 3.39. The summed E-state index contributed by atoms with van der Waals surface area (Å²) in [6, 6.07) is 31.0. The monoisotopic (exact) mass is 285 g/mol. The normalized spacial score (nSPS) is 10.9. The molecule has 1 aromatic heterocycles. The summed E-state index contributed by atoms with van der Waals surface area (Å²) in [4.78, 5) is 2.46. The van der Waals surface area contributed by atoms with Crippen LogP contribution in [0.1, 0.15) is 0 Å². The summed E-state index contributed by atoms with van der Waals surface area (Å²) in [7, 11) is 0. The minimum atomic E-state index is 1.19. The molecule has 4 aromatic rings. The van der Waals surface area contributed by atoms with E-state index in [1.54, 1.807) is 11.3 Å². The highest BCUT2D eigenvalue weighted by atomic mass is 32.1. The molecule has 3 aromatic carbocycles. The highest BCUT2D eigenvalue weighted by molar-refractivity contribution is 7.18. The molecule has 0 unspecified atom stereocenters. The topological polar surface area (TPSA) is 0 Å². The SMILES string of the molecule is [c]1cc(-c2ccc3ccccc3c2)sc1-c1ccccc1. The minimum Gasteiger partial charge on any atom is -0.135 e.